The summed E-state index contributed by atoms with van der Waals surface area (Å²) in [4.78, 5) is 51.0. The van der Waals surface area contributed by atoms with Gasteiger partial charge in [0.2, 0.25) is 11.8 Å². The third kappa shape index (κ3) is 3.08. The first-order chi connectivity index (χ1) is 13.4. The monoisotopic (exact) mass is 384 g/mol. The summed E-state index contributed by atoms with van der Waals surface area (Å²) < 4.78 is 5.06. The van der Waals surface area contributed by atoms with Gasteiger partial charge < -0.3 is 10.1 Å². The van der Waals surface area contributed by atoms with Gasteiger partial charge in [0, 0.05) is 5.69 Å². The van der Waals surface area contributed by atoms with Crippen LogP contribution in [0, 0.1) is 30.6 Å². The number of carbonyl (C=O) groups excluding carboxylic acids is 4. The number of hydrogen-bond donors (Lipinski definition) is 1. The number of carbonyl (C=O) groups is 4. The van der Waals surface area contributed by atoms with Crippen molar-refractivity contribution in [3.05, 3.63) is 29.8 Å². The number of esters is 1. The van der Waals surface area contributed by atoms with Crippen molar-refractivity contribution in [2.24, 2.45) is 23.7 Å². The average molecular weight is 384 g/mol. The maximum Gasteiger partial charge on any atom is 0.329 e. The molecule has 2 aliphatic carbocycles. The normalized spacial score (nSPS) is 29.0. The maximum atomic E-state index is 12.8. The minimum atomic E-state index is -1.02. The van der Waals surface area contributed by atoms with Crippen LogP contribution in [0.5, 0.6) is 0 Å². The fourth-order valence-electron chi connectivity index (χ4n) is 5.01. The zero-order valence-corrected chi connectivity index (χ0v) is 16.0. The van der Waals surface area contributed by atoms with Crippen LogP contribution in [0.4, 0.5) is 5.69 Å². The average Bonchev–Trinajstić information content (AvgIpc) is 3.35. The molecule has 7 nitrogen and oxygen atoms in total. The predicted molar refractivity (Wildman–Crippen MR) is 99.9 cm³/mol. The molecule has 3 aliphatic rings. The van der Waals surface area contributed by atoms with Gasteiger partial charge in [-0.25, -0.2) is 4.79 Å². The van der Waals surface area contributed by atoms with Gasteiger partial charge in [0.05, 0.1) is 11.8 Å². The number of nitrogens with one attached hydrogen (secondary N) is 1. The summed E-state index contributed by atoms with van der Waals surface area (Å²) in [7, 11) is 0. The lowest BCUT2D eigenvalue weighted by atomic mass is 9.81. The fraction of sp³-hybridized carbons (Fsp3) is 0.524. The number of rotatable bonds is 5. The first-order valence-corrected chi connectivity index (χ1v) is 9.77. The van der Waals surface area contributed by atoms with Crippen LogP contribution >= 0.6 is 0 Å². The van der Waals surface area contributed by atoms with Crippen molar-refractivity contribution in [2.45, 2.75) is 39.2 Å². The SMILES string of the molecule is Cc1ccc(NC(=O)COC(=O)[C@H](C)N2C(=O)[C@H]3[C@@H]4CC[C@@H](C4)[C@@H]3C2=O)cc1. The van der Waals surface area contributed by atoms with E-state index in [2.05, 4.69) is 5.32 Å². The van der Waals surface area contributed by atoms with Crippen LogP contribution in [0.2, 0.25) is 0 Å². The Balaban J connectivity index is 1.33. The van der Waals surface area contributed by atoms with E-state index in [1.807, 2.05) is 19.1 Å². The number of likely N-dealkylation sites (tertiary alicyclic amines) is 1. The Hall–Kier alpha value is -2.70. The number of aryl methyl sites for hydroxylation is 1. The van der Waals surface area contributed by atoms with E-state index in [1.165, 1.54) is 6.92 Å². The van der Waals surface area contributed by atoms with Crippen molar-refractivity contribution in [3.8, 4) is 0 Å². The molecule has 1 aliphatic heterocycles. The maximum absolute atomic E-state index is 12.8. The van der Waals surface area contributed by atoms with Crippen LogP contribution in [0.15, 0.2) is 24.3 Å². The summed E-state index contributed by atoms with van der Waals surface area (Å²) in [6, 6.07) is 6.21. The number of nitrogens with zero attached hydrogens (tertiary/aromatic N) is 1. The molecule has 3 amide bonds. The molecule has 1 saturated heterocycles. The molecule has 0 radical (unpaired) electrons. The summed E-state index contributed by atoms with van der Waals surface area (Å²) >= 11 is 0. The van der Waals surface area contributed by atoms with E-state index < -0.39 is 24.5 Å². The van der Waals surface area contributed by atoms with E-state index in [-0.39, 0.29) is 35.5 Å². The van der Waals surface area contributed by atoms with E-state index in [0.717, 1.165) is 29.7 Å². The fourth-order valence-corrected chi connectivity index (χ4v) is 5.01. The van der Waals surface area contributed by atoms with Crippen LogP contribution in [0.1, 0.15) is 31.7 Å². The Kier molecular flexibility index (Phi) is 4.69. The summed E-state index contributed by atoms with van der Waals surface area (Å²) in [5.41, 5.74) is 1.67. The van der Waals surface area contributed by atoms with Crippen LogP contribution in [-0.2, 0) is 23.9 Å². The van der Waals surface area contributed by atoms with Crippen molar-refractivity contribution in [1.29, 1.82) is 0 Å². The third-order valence-corrected chi connectivity index (χ3v) is 6.37. The highest BCUT2D eigenvalue weighted by atomic mass is 16.5. The van der Waals surface area contributed by atoms with Gasteiger partial charge in [0.15, 0.2) is 6.61 Å². The summed E-state index contributed by atoms with van der Waals surface area (Å²) in [6.45, 7) is 2.96. The molecular weight excluding hydrogens is 360 g/mol. The molecule has 2 saturated carbocycles. The lowest BCUT2D eigenvalue weighted by Gasteiger charge is -2.23. The molecule has 0 aromatic heterocycles. The molecule has 0 spiro atoms. The van der Waals surface area contributed by atoms with Gasteiger partial charge in [-0.15, -0.1) is 0 Å². The standard InChI is InChI=1S/C21H24N2O5/c1-11-3-7-15(8-4-11)22-16(24)10-28-21(27)12(2)23-19(25)17-13-5-6-14(9-13)18(17)20(23)26/h3-4,7-8,12-14,17-18H,5-6,9-10H2,1-2H3,(H,22,24)/t12-,13-,14+,17-,18-/m0/s1. The van der Waals surface area contributed by atoms with Crippen molar-refractivity contribution < 1.29 is 23.9 Å². The zero-order chi connectivity index (χ0) is 20.0. The van der Waals surface area contributed by atoms with Gasteiger partial charge in [-0.2, -0.15) is 0 Å². The van der Waals surface area contributed by atoms with E-state index in [0.29, 0.717) is 5.69 Å². The Morgan fingerprint density at radius 3 is 2.25 bits per heavy atom. The summed E-state index contributed by atoms with van der Waals surface area (Å²) in [6.07, 6.45) is 2.91. The third-order valence-electron chi connectivity index (χ3n) is 6.37. The molecule has 1 heterocycles. The van der Waals surface area contributed by atoms with E-state index in [1.54, 1.807) is 12.1 Å². The second-order valence-corrected chi connectivity index (χ2v) is 8.13. The highest BCUT2D eigenvalue weighted by molar-refractivity contribution is 6.08. The van der Waals surface area contributed by atoms with Gasteiger partial charge in [-0.1, -0.05) is 17.7 Å². The molecule has 1 aromatic carbocycles. The number of amides is 3. The summed E-state index contributed by atoms with van der Waals surface area (Å²) in [5.74, 6) is -1.74. The van der Waals surface area contributed by atoms with E-state index in [4.69, 9.17) is 4.74 Å². The largest absolute Gasteiger partial charge is 0.454 e. The molecular formula is C21H24N2O5. The molecule has 28 heavy (non-hydrogen) atoms. The van der Waals surface area contributed by atoms with Crippen molar-refractivity contribution in [3.63, 3.8) is 0 Å². The van der Waals surface area contributed by atoms with Crippen LogP contribution in [0.25, 0.3) is 0 Å². The van der Waals surface area contributed by atoms with Crippen LogP contribution in [0.3, 0.4) is 0 Å². The number of ether oxygens (including phenoxy) is 1. The van der Waals surface area contributed by atoms with E-state index >= 15 is 0 Å². The second kappa shape index (κ2) is 7.04. The van der Waals surface area contributed by atoms with Crippen LogP contribution in [-0.4, -0.2) is 41.2 Å². The molecule has 1 aromatic rings. The van der Waals surface area contributed by atoms with Crippen molar-refractivity contribution in [2.75, 3.05) is 11.9 Å². The molecule has 4 rings (SSSR count). The number of imide groups is 1. The molecule has 1 N–H and O–H groups in total. The smallest absolute Gasteiger partial charge is 0.329 e. The minimum Gasteiger partial charge on any atom is -0.454 e. The Labute approximate surface area is 163 Å². The molecule has 5 atom stereocenters. The Morgan fingerprint density at radius 1 is 1.11 bits per heavy atom. The minimum absolute atomic E-state index is 0.254. The molecule has 3 fully saturated rings. The van der Waals surface area contributed by atoms with Gasteiger partial charge in [0.25, 0.3) is 5.91 Å². The first-order valence-electron chi connectivity index (χ1n) is 9.77. The van der Waals surface area contributed by atoms with Crippen LogP contribution < -0.4 is 5.32 Å². The highest BCUT2D eigenvalue weighted by Crippen LogP contribution is 2.56. The van der Waals surface area contributed by atoms with Gasteiger partial charge >= 0.3 is 5.97 Å². The summed E-state index contributed by atoms with van der Waals surface area (Å²) in [5, 5.41) is 2.64. The second-order valence-electron chi connectivity index (χ2n) is 8.13. The highest BCUT2D eigenvalue weighted by Gasteiger charge is 2.62. The van der Waals surface area contributed by atoms with Crippen molar-refractivity contribution >= 4 is 29.4 Å². The number of benzene rings is 1. The topological polar surface area (TPSA) is 92.8 Å². The van der Waals surface area contributed by atoms with E-state index in [9.17, 15) is 19.2 Å². The Bertz CT molecular complexity index is 806. The first kappa shape index (κ1) is 18.7. The zero-order valence-electron chi connectivity index (χ0n) is 16.0. The number of anilines is 1. The van der Waals surface area contributed by atoms with Gasteiger partial charge in [-0.3, -0.25) is 19.3 Å². The molecule has 7 heteroatoms. The van der Waals surface area contributed by atoms with Gasteiger partial charge in [0.1, 0.15) is 6.04 Å². The molecule has 2 bridgehead atoms. The lowest BCUT2D eigenvalue weighted by molar-refractivity contribution is -0.159. The number of fused-ring (bicyclic) bond motifs is 5. The molecule has 0 unspecified atom stereocenters. The van der Waals surface area contributed by atoms with Crippen molar-refractivity contribution in [1.82, 2.24) is 4.90 Å². The number of hydrogen-bond acceptors (Lipinski definition) is 5. The predicted octanol–water partition coefficient (Wildman–Crippen LogP) is 1.90. The quantitative estimate of drug-likeness (QED) is 0.618. The lowest BCUT2D eigenvalue weighted by Crippen LogP contribution is -2.45. The molecule has 148 valence electrons. The van der Waals surface area contributed by atoms with Gasteiger partial charge in [-0.05, 0) is 57.1 Å². The Morgan fingerprint density at radius 2 is 1.68 bits per heavy atom.